The average molecular weight is 389 g/mol. The number of carbonyl (C=O) groups excluding carboxylic acids is 1. The van der Waals surface area contributed by atoms with E-state index < -0.39 is 0 Å². The molecule has 5 nitrogen and oxygen atoms in total. The van der Waals surface area contributed by atoms with Gasteiger partial charge in [0.05, 0.1) is 0 Å². The summed E-state index contributed by atoms with van der Waals surface area (Å²) >= 11 is 12.1. The van der Waals surface area contributed by atoms with Crippen LogP contribution >= 0.6 is 23.2 Å². The molecule has 0 spiro atoms. The van der Waals surface area contributed by atoms with Crippen LogP contribution < -0.4 is 10.2 Å². The lowest BCUT2D eigenvalue weighted by molar-refractivity contribution is 0.0942. The number of amides is 1. The summed E-state index contributed by atoms with van der Waals surface area (Å²) in [4.78, 5) is 19.1. The van der Waals surface area contributed by atoms with E-state index in [9.17, 15) is 4.79 Å². The molecule has 1 aromatic carbocycles. The van der Waals surface area contributed by atoms with Crippen molar-refractivity contribution in [2.24, 2.45) is 5.92 Å². The van der Waals surface area contributed by atoms with Crippen LogP contribution in [0.5, 0.6) is 0 Å². The number of hydrogen-bond donors (Lipinski definition) is 1. The first-order chi connectivity index (χ1) is 12.6. The molecule has 1 fully saturated rings. The number of aromatic nitrogens is 2. The van der Waals surface area contributed by atoms with E-state index in [4.69, 9.17) is 23.2 Å². The number of hydrogen-bond acceptors (Lipinski definition) is 3. The smallest absolute Gasteiger partial charge is 0.271 e. The van der Waals surface area contributed by atoms with Crippen LogP contribution in [-0.2, 0) is 0 Å². The second kappa shape index (κ2) is 7.17. The summed E-state index contributed by atoms with van der Waals surface area (Å²) in [5.41, 5.74) is 2.21. The van der Waals surface area contributed by atoms with E-state index in [1.54, 1.807) is 10.6 Å². The van der Waals surface area contributed by atoms with Gasteiger partial charge >= 0.3 is 0 Å². The first kappa shape index (κ1) is 17.2. The number of imidazole rings is 1. The SMILES string of the molecule is O=C(NC[C@@H]1CCN(c2ccc(Cl)cc2)C1)c1c(Cl)nc2ccccn12. The van der Waals surface area contributed by atoms with Crippen molar-refractivity contribution in [3.63, 3.8) is 0 Å². The molecule has 1 aliphatic rings. The van der Waals surface area contributed by atoms with Gasteiger partial charge < -0.3 is 10.2 Å². The number of pyridine rings is 1. The predicted molar refractivity (Wildman–Crippen MR) is 104 cm³/mol. The Morgan fingerprint density at radius 1 is 1.19 bits per heavy atom. The maximum Gasteiger partial charge on any atom is 0.271 e. The van der Waals surface area contributed by atoms with Crippen molar-refractivity contribution in [2.75, 3.05) is 24.5 Å². The van der Waals surface area contributed by atoms with Crippen LogP contribution in [0.2, 0.25) is 10.2 Å². The van der Waals surface area contributed by atoms with E-state index in [1.165, 1.54) is 0 Å². The van der Waals surface area contributed by atoms with Gasteiger partial charge in [-0.2, -0.15) is 0 Å². The molecule has 0 radical (unpaired) electrons. The molecular weight excluding hydrogens is 371 g/mol. The van der Waals surface area contributed by atoms with Gasteiger partial charge in [0.1, 0.15) is 5.65 Å². The van der Waals surface area contributed by atoms with Gasteiger partial charge in [-0.05, 0) is 48.7 Å². The zero-order valence-electron chi connectivity index (χ0n) is 14.0. The molecule has 4 rings (SSSR count). The summed E-state index contributed by atoms with van der Waals surface area (Å²) in [6.07, 6.45) is 2.82. The molecule has 0 bridgehead atoms. The molecule has 3 heterocycles. The van der Waals surface area contributed by atoms with Crippen molar-refractivity contribution < 1.29 is 4.79 Å². The van der Waals surface area contributed by atoms with E-state index in [0.29, 0.717) is 23.8 Å². The van der Waals surface area contributed by atoms with Gasteiger partial charge in [0, 0.05) is 36.5 Å². The average Bonchev–Trinajstić information content (AvgIpc) is 3.24. The lowest BCUT2D eigenvalue weighted by Gasteiger charge is -2.19. The Bertz CT molecular complexity index is 938. The van der Waals surface area contributed by atoms with Crippen molar-refractivity contribution in [1.82, 2.24) is 14.7 Å². The topological polar surface area (TPSA) is 49.6 Å². The summed E-state index contributed by atoms with van der Waals surface area (Å²) in [6, 6.07) is 13.4. The number of nitrogens with one attached hydrogen (secondary N) is 1. The van der Waals surface area contributed by atoms with E-state index in [2.05, 4.69) is 15.2 Å². The van der Waals surface area contributed by atoms with Crippen molar-refractivity contribution in [2.45, 2.75) is 6.42 Å². The van der Waals surface area contributed by atoms with Crippen molar-refractivity contribution in [3.8, 4) is 0 Å². The Hall–Kier alpha value is -2.24. The molecule has 1 aliphatic heterocycles. The highest BCUT2D eigenvalue weighted by Gasteiger charge is 2.24. The minimum Gasteiger partial charge on any atom is -0.371 e. The minimum absolute atomic E-state index is 0.196. The minimum atomic E-state index is -0.196. The van der Waals surface area contributed by atoms with Crippen LogP contribution in [0.3, 0.4) is 0 Å². The lowest BCUT2D eigenvalue weighted by atomic mass is 10.1. The van der Waals surface area contributed by atoms with Gasteiger partial charge in [0.25, 0.3) is 5.91 Å². The zero-order chi connectivity index (χ0) is 18.1. The normalized spacial score (nSPS) is 17.0. The van der Waals surface area contributed by atoms with Crippen LogP contribution in [0.1, 0.15) is 16.9 Å². The van der Waals surface area contributed by atoms with E-state index in [0.717, 1.165) is 30.2 Å². The second-order valence-corrected chi connectivity index (χ2v) is 7.26. The molecular formula is C19H18Cl2N4O. The van der Waals surface area contributed by atoms with Gasteiger partial charge in [0.15, 0.2) is 10.8 Å². The van der Waals surface area contributed by atoms with Crippen LogP contribution in [0.4, 0.5) is 5.69 Å². The number of anilines is 1. The highest BCUT2D eigenvalue weighted by atomic mass is 35.5. The number of nitrogens with zero attached hydrogens (tertiary/aromatic N) is 3. The number of carbonyl (C=O) groups is 1. The number of benzene rings is 1. The molecule has 134 valence electrons. The Morgan fingerprint density at radius 3 is 2.81 bits per heavy atom. The predicted octanol–water partition coefficient (Wildman–Crippen LogP) is 3.90. The summed E-state index contributed by atoms with van der Waals surface area (Å²) in [5.74, 6) is 0.200. The molecule has 1 saturated heterocycles. The van der Waals surface area contributed by atoms with Crippen LogP contribution in [0.15, 0.2) is 48.7 Å². The van der Waals surface area contributed by atoms with Crippen molar-refractivity contribution in [3.05, 3.63) is 64.5 Å². The third-order valence-electron chi connectivity index (χ3n) is 4.73. The van der Waals surface area contributed by atoms with E-state index >= 15 is 0 Å². The maximum absolute atomic E-state index is 12.6. The third kappa shape index (κ3) is 3.37. The van der Waals surface area contributed by atoms with E-state index in [-0.39, 0.29) is 11.1 Å². The Morgan fingerprint density at radius 2 is 2.00 bits per heavy atom. The second-order valence-electron chi connectivity index (χ2n) is 6.47. The molecule has 7 heteroatoms. The van der Waals surface area contributed by atoms with Crippen LogP contribution in [0, 0.1) is 5.92 Å². The monoisotopic (exact) mass is 388 g/mol. The molecule has 3 aromatic rings. The van der Waals surface area contributed by atoms with Crippen LogP contribution in [-0.4, -0.2) is 34.9 Å². The summed E-state index contributed by atoms with van der Waals surface area (Å²) in [6.45, 7) is 2.49. The lowest BCUT2D eigenvalue weighted by Crippen LogP contribution is -2.31. The zero-order valence-corrected chi connectivity index (χ0v) is 15.5. The molecule has 0 saturated carbocycles. The van der Waals surface area contributed by atoms with Crippen LogP contribution in [0.25, 0.3) is 5.65 Å². The van der Waals surface area contributed by atoms with E-state index in [1.807, 2.05) is 42.5 Å². The molecule has 1 N–H and O–H groups in total. The number of rotatable bonds is 4. The standard InChI is InChI=1S/C19H18Cl2N4O/c20-14-4-6-15(7-5-14)24-10-8-13(12-24)11-22-19(26)17-18(21)23-16-3-1-2-9-25(16)17/h1-7,9,13H,8,10-12H2,(H,22,26)/t13-/m0/s1. The van der Waals surface area contributed by atoms with Gasteiger partial charge in [-0.25, -0.2) is 4.98 Å². The fourth-order valence-electron chi connectivity index (χ4n) is 3.38. The quantitative estimate of drug-likeness (QED) is 0.737. The number of fused-ring (bicyclic) bond motifs is 1. The summed E-state index contributed by atoms with van der Waals surface area (Å²) in [7, 11) is 0. The fraction of sp³-hybridized carbons (Fsp3) is 0.263. The molecule has 0 aliphatic carbocycles. The molecule has 2 aromatic heterocycles. The van der Waals surface area contributed by atoms with Crippen molar-refractivity contribution >= 4 is 40.4 Å². The highest BCUT2D eigenvalue weighted by Crippen LogP contribution is 2.25. The first-order valence-corrected chi connectivity index (χ1v) is 9.29. The van der Waals surface area contributed by atoms with Gasteiger partial charge in [-0.15, -0.1) is 0 Å². The molecule has 1 atom stereocenters. The summed E-state index contributed by atoms with van der Waals surface area (Å²) in [5, 5.41) is 3.97. The van der Waals surface area contributed by atoms with Gasteiger partial charge in [-0.1, -0.05) is 29.3 Å². The third-order valence-corrected chi connectivity index (χ3v) is 5.25. The Balaban J connectivity index is 1.39. The largest absolute Gasteiger partial charge is 0.371 e. The first-order valence-electron chi connectivity index (χ1n) is 8.53. The Kier molecular flexibility index (Phi) is 4.74. The maximum atomic E-state index is 12.6. The molecule has 0 unspecified atom stereocenters. The molecule has 1 amide bonds. The summed E-state index contributed by atoms with van der Waals surface area (Å²) < 4.78 is 1.71. The molecule has 26 heavy (non-hydrogen) atoms. The van der Waals surface area contributed by atoms with Crippen molar-refractivity contribution in [1.29, 1.82) is 0 Å². The highest BCUT2D eigenvalue weighted by molar-refractivity contribution is 6.32. The number of halogens is 2. The van der Waals surface area contributed by atoms with Gasteiger partial charge in [0.2, 0.25) is 0 Å². The fourth-order valence-corrected chi connectivity index (χ4v) is 3.77. The Labute approximate surface area is 161 Å². The van der Waals surface area contributed by atoms with Gasteiger partial charge in [-0.3, -0.25) is 9.20 Å².